The molecule has 0 bridgehead atoms. The fourth-order valence-electron chi connectivity index (χ4n) is 1.53. The van der Waals surface area contributed by atoms with Crippen molar-refractivity contribution in [2.45, 2.75) is 20.0 Å². The molecular weight excluding hydrogens is 234 g/mol. The average Bonchev–Trinajstić information content (AvgIpc) is 2.36. The van der Waals surface area contributed by atoms with Crippen LogP contribution >= 0.6 is 0 Å². The Bertz CT molecular complexity index is 417. The van der Waals surface area contributed by atoms with Gasteiger partial charge in [-0.05, 0) is 31.5 Å². The molecule has 0 aliphatic heterocycles. The van der Waals surface area contributed by atoms with Crippen LogP contribution in [-0.2, 0) is 4.74 Å². The number of rotatable bonds is 6. The van der Waals surface area contributed by atoms with Crippen LogP contribution in [0.1, 0.15) is 18.1 Å². The number of aliphatic hydroxyl groups is 1. The number of hydrogen-bond acceptors (Lipinski definition) is 5. The van der Waals surface area contributed by atoms with Crippen LogP contribution in [0.5, 0.6) is 5.75 Å². The summed E-state index contributed by atoms with van der Waals surface area (Å²) in [6.07, 6.45) is -0.685. The second kappa shape index (κ2) is 6.98. The first-order valence-electron chi connectivity index (χ1n) is 5.68. The number of benzene rings is 1. The number of hydrogen-bond donors (Lipinski definition) is 2. The molecule has 0 saturated heterocycles. The molecule has 1 atom stereocenters. The fraction of sp³-hybridized carbons (Fsp3) is 0.462. The van der Waals surface area contributed by atoms with E-state index in [1.165, 1.54) is 7.11 Å². The van der Waals surface area contributed by atoms with Crippen molar-refractivity contribution in [3.63, 3.8) is 0 Å². The predicted octanol–water partition coefficient (Wildman–Crippen LogP) is 1.58. The van der Waals surface area contributed by atoms with Crippen molar-refractivity contribution >= 4 is 5.71 Å². The standard InChI is InChI=1S/C13H19NO4/c1-9-4-5-12(10(2)14-16)13(6-9)18-8-11(15)7-17-3/h4-6,11,15-16H,7-8H2,1-3H3. The second-order valence-corrected chi connectivity index (χ2v) is 4.11. The monoisotopic (exact) mass is 253 g/mol. The van der Waals surface area contributed by atoms with E-state index in [0.29, 0.717) is 17.0 Å². The maximum absolute atomic E-state index is 9.54. The molecular formula is C13H19NO4. The zero-order chi connectivity index (χ0) is 13.5. The highest BCUT2D eigenvalue weighted by Gasteiger charge is 2.10. The van der Waals surface area contributed by atoms with E-state index in [9.17, 15) is 5.11 Å². The third-order valence-electron chi connectivity index (χ3n) is 2.47. The summed E-state index contributed by atoms with van der Waals surface area (Å²) in [5.41, 5.74) is 2.19. The van der Waals surface area contributed by atoms with Gasteiger partial charge in [-0.3, -0.25) is 0 Å². The Morgan fingerprint density at radius 3 is 2.72 bits per heavy atom. The number of aryl methyl sites for hydroxylation is 1. The predicted molar refractivity (Wildman–Crippen MR) is 68.6 cm³/mol. The van der Waals surface area contributed by atoms with Crippen LogP contribution in [0.4, 0.5) is 0 Å². The van der Waals surface area contributed by atoms with E-state index in [4.69, 9.17) is 14.7 Å². The highest BCUT2D eigenvalue weighted by atomic mass is 16.5. The minimum Gasteiger partial charge on any atom is -0.490 e. The molecule has 1 unspecified atom stereocenters. The third-order valence-corrected chi connectivity index (χ3v) is 2.47. The number of nitrogens with zero attached hydrogens (tertiary/aromatic N) is 1. The molecule has 0 radical (unpaired) electrons. The Morgan fingerprint density at radius 2 is 2.11 bits per heavy atom. The van der Waals surface area contributed by atoms with Gasteiger partial charge in [-0.2, -0.15) is 0 Å². The first kappa shape index (κ1) is 14.5. The van der Waals surface area contributed by atoms with E-state index in [2.05, 4.69) is 5.16 Å². The van der Waals surface area contributed by atoms with Crippen molar-refractivity contribution in [2.75, 3.05) is 20.3 Å². The minimum atomic E-state index is -0.685. The van der Waals surface area contributed by atoms with Gasteiger partial charge in [0.15, 0.2) is 0 Å². The van der Waals surface area contributed by atoms with Crippen molar-refractivity contribution in [1.29, 1.82) is 0 Å². The normalized spacial score (nSPS) is 13.4. The number of methoxy groups -OCH3 is 1. The number of aliphatic hydroxyl groups excluding tert-OH is 1. The van der Waals surface area contributed by atoms with Gasteiger partial charge < -0.3 is 19.8 Å². The molecule has 18 heavy (non-hydrogen) atoms. The topological polar surface area (TPSA) is 71.3 Å². The average molecular weight is 253 g/mol. The molecule has 0 aliphatic carbocycles. The molecule has 5 nitrogen and oxygen atoms in total. The van der Waals surface area contributed by atoms with Crippen molar-refractivity contribution < 1.29 is 19.8 Å². The van der Waals surface area contributed by atoms with E-state index in [1.807, 2.05) is 25.1 Å². The van der Waals surface area contributed by atoms with Gasteiger partial charge in [0.05, 0.1) is 12.3 Å². The zero-order valence-electron chi connectivity index (χ0n) is 10.9. The smallest absolute Gasteiger partial charge is 0.128 e. The van der Waals surface area contributed by atoms with Gasteiger partial charge in [0, 0.05) is 12.7 Å². The fourth-order valence-corrected chi connectivity index (χ4v) is 1.53. The lowest BCUT2D eigenvalue weighted by atomic mass is 10.1. The summed E-state index contributed by atoms with van der Waals surface area (Å²) < 4.78 is 10.4. The van der Waals surface area contributed by atoms with Crippen LogP contribution in [0.2, 0.25) is 0 Å². The van der Waals surface area contributed by atoms with E-state index in [-0.39, 0.29) is 13.2 Å². The van der Waals surface area contributed by atoms with Crippen molar-refractivity contribution in [1.82, 2.24) is 0 Å². The summed E-state index contributed by atoms with van der Waals surface area (Å²) in [5, 5.41) is 21.5. The molecule has 0 aromatic heterocycles. The van der Waals surface area contributed by atoms with Gasteiger partial charge in [-0.15, -0.1) is 0 Å². The van der Waals surface area contributed by atoms with Crippen LogP contribution in [0.15, 0.2) is 23.4 Å². The van der Waals surface area contributed by atoms with Crippen LogP contribution in [0.3, 0.4) is 0 Å². The Morgan fingerprint density at radius 1 is 1.39 bits per heavy atom. The third kappa shape index (κ3) is 4.01. The molecule has 0 amide bonds. The summed E-state index contributed by atoms with van der Waals surface area (Å²) in [6.45, 7) is 3.97. The maximum atomic E-state index is 9.54. The Hall–Kier alpha value is -1.59. The first-order valence-corrected chi connectivity index (χ1v) is 5.68. The summed E-state index contributed by atoms with van der Waals surface area (Å²) in [5.74, 6) is 0.584. The highest BCUT2D eigenvalue weighted by molar-refractivity contribution is 6.00. The summed E-state index contributed by atoms with van der Waals surface area (Å²) in [6, 6.07) is 5.56. The van der Waals surface area contributed by atoms with Crippen molar-refractivity contribution in [2.24, 2.45) is 5.16 Å². The quantitative estimate of drug-likeness (QED) is 0.458. The SMILES string of the molecule is COCC(O)COc1cc(C)ccc1C(C)=NO. The van der Waals surface area contributed by atoms with Gasteiger partial charge >= 0.3 is 0 Å². The molecule has 1 rings (SSSR count). The van der Waals surface area contributed by atoms with Gasteiger partial charge in [0.25, 0.3) is 0 Å². The molecule has 0 aliphatic rings. The summed E-state index contributed by atoms with van der Waals surface area (Å²) in [7, 11) is 1.52. The zero-order valence-corrected chi connectivity index (χ0v) is 10.9. The van der Waals surface area contributed by atoms with Gasteiger partial charge in [0.1, 0.15) is 18.5 Å². The molecule has 0 spiro atoms. The molecule has 100 valence electrons. The molecule has 5 heteroatoms. The summed E-state index contributed by atoms with van der Waals surface area (Å²) >= 11 is 0. The van der Waals surface area contributed by atoms with Crippen LogP contribution in [0.25, 0.3) is 0 Å². The molecule has 0 saturated carbocycles. The lowest BCUT2D eigenvalue weighted by Crippen LogP contribution is -2.23. The van der Waals surface area contributed by atoms with Crippen LogP contribution in [-0.4, -0.2) is 42.5 Å². The lowest BCUT2D eigenvalue weighted by molar-refractivity contribution is 0.0325. The minimum absolute atomic E-state index is 0.128. The van der Waals surface area contributed by atoms with E-state index >= 15 is 0 Å². The lowest BCUT2D eigenvalue weighted by Gasteiger charge is -2.14. The molecule has 0 heterocycles. The van der Waals surface area contributed by atoms with Crippen LogP contribution in [0, 0.1) is 6.92 Å². The highest BCUT2D eigenvalue weighted by Crippen LogP contribution is 2.21. The van der Waals surface area contributed by atoms with Crippen molar-refractivity contribution in [3.8, 4) is 5.75 Å². The first-order chi connectivity index (χ1) is 8.58. The molecule has 2 N–H and O–H groups in total. The largest absolute Gasteiger partial charge is 0.490 e. The second-order valence-electron chi connectivity index (χ2n) is 4.11. The van der Waals surface area contributed by atoms with Gasteiger partial charge in [0.2, 0.25) is 0 Å². The molecule has 1 aromatic carbocycles. The van der Waals surface area contributed by atoms with E-state index in [0.717, 1.165) is 5.56 Å². The van der Waals surface area contributed by atoms with Crippen molar-refractivity contribution in [3.05, 3.63) is 29.3 Å². The summed E-state index contributed by atoms with van der Waals surface area (Å²) in [4.78, 5) is 0. The molecule has 1 aromatic rings. The number of ether oxygens (including phenoxy) is 2. The Kier molecular flexibility index (Phi) is 5.61. The maximum Gasteiger partial charge on any atom is 0.128 e. The van der Waals surface area contributed by atoms with Crippen LogP contribution < -0.4 is 4.74 Å². The van der Waals surface area contributed by atoms with Gasteiger partial charge in [-0.1, -0.05) is 11.2 Å². The number of oxime groups is 1. The molecule has 0 fully saturated rings. The Labute approximate surface area is 107 Å². The van der Waals surface area contributed by atoms with Gasteiger partial charge in [-0.25, -0.2) is 0 Å². The van der Waals surface area contributed by atoms with E-state index in [1.54, 1.807) is 6.92 Å². The Balaban J connectivity index is 2.83. The van der Waals surface area contributed by atoms with E-state index < -0.39 is 6.10 Å².